The zero-order valence-electron chi connectivity index (χ0n) is 12.2. The van der Waals surface area contributed by atoms with Crippen LogP contribution in [0.3, 0.4) is 0 Å². The Balaban J connectivity index is 0.000000637. The van der Waals surface area contributed by atoms with Gasteiger partial charge < -0.3 is 0 Å². The average molecular weight is 270 g/mol. The lowest BCUT2D eigenvalue weighted by Crippen LogP contribution is -2.20. The van der Waals surface area contributed by atoms with Gasteiger partial charge in [0.2, 0.25) is 0 Å². The molecule has 0 saturated carbocycles. The van der Waals surface area contributed by atoms with Crippen molar-refractivity contribution in [2.75, 3.05) is 0 Å². The Bertz CT molecular complexity index is 506. The van der Waals surface area contributed by atoms with Crippen LogP contribution in [0.15, 0.2) is 53.4 Å². The van der Waals surface area contributed by atoms with Crippen LogP contribution in [0.1, 0.15) is 44.4 Å². The van der Waals surface area contributed by atoms with Crippen molar-refractivity contribution in [3.05, 3.63) is 65.2 Å². The molecule has 19 heavy (non-hydrogen) atoms. The Morgan fingerprint density at radius 1 is 0.842 bits per heavy atom. The second-order valence-corrected chi connectivity index (χ2v) is 6.08. The summed E-state index contributed by atoms with van der Waals surface area (Å²) in [6.07, 6.45) is 0. The molecule has 1 heteroatoms. The summed E-state index contributed by atoms with van der Waals surface area (Å²) in [6, 6.07) is 17.6. The molecule has 0 nitrogen and oxygen atoms in total. The van der Waals surface area contributed by atoms with E-state index in [1.165, 1.54) is 21.6 Å². The highest BCUT2D eigenvalue weighted by molar-refractivity contribution is 7.98. The molecule has 0 N–H and O–H groups in total. The lowest BCUT2D eigenvalue weighted by molar-refractivity contribution is 0.625. The van der Waals surface area contributed by atoms with Gasteiger partial charge in [0.15, 0.2) is 0 Å². The Kier molecular flexibility index (Phi) is 4.36. The molecule has 0 radical (unpaired) electrons. The molecular weight excluding hydrogens is 248 g/mol. The van der Waals surface area contributed by atoms with Crippen molar-refractivity contribution in [2.45, 2.75) is 43.8 Å². The molecule has 0 fully saturated rings. The smallest absolute Gasteiger partial charge is 0.0235 e. The van der Waals surface area contributed by atoms with Gasteiger partial charge in [-0.25, -0.2) is 0 Å². The first-order valence-corrected chi connectivity index (χ1v) is 7.99. The molecule has 1 heterocycles. The summed E-state index contributed by atoms with van der Waals surface area (Å²) in [4.78, 5) is 1.42. The molecule has 1 aliphatic heterocycles. The van der Waals surface area contributed by atoms with E-state index in [0.717, 1.165) is 5.75 Å². The average Bonchev–Trinajstić information content (AvgIpc) is 2.58. The van der Waals surface area contributed by atoms with Gasteiger partial charge in [0.05, 0.1) is 0 Å². The normalized spacial score (nSPS) is 15.4. The van der Waals surface area contributed by atoms with Gasteiger partial charge in [0, 0.05) is 16.1 Å². The van der Waals surface area contributed by atoms with E-state index in [1.54, 1.807) is 0 Å². The Morgan fingerprint density at radius 3 is 2.16 bits per heavy atom. The van der Waals surface area contributed by atoms with Crippen molar-refractivity contribution < 1.29 is 0 Å². The molecule has 0 amide bonds. The topological polar surface area (TPSA) is 0 Å². The molecule has 0 atom stereocenters. The number of benzene rings is 2. The van der Waals surface area contributed by atoms with Gasteiger partial charge in [-0.3, -0.25) is 0 Å². The number of thioether (sulfide) groups is 1. The molecule has 0 aromatic heterocycles. The summed E-state index contributed by atoms with van der Waals surface area (Å²) in [5.74, 6) is 1.08. The van der Waals surface area contributed by atoms with Crippen molar-refractivity contribution in [3.63, 3.8) is 0 Å². The predicted molar refractivity (Wildman–Crippen MR) is 85.9 cm³/mol. The van der Waals surface area contributed by atoms with Crippen molar-refractivity contribution >= 4 is 11.8 Å². The van der Waals surface area contributed by atoms with Gasteiger partial charge in [0.1, 0.15) is 0 Å². The maximum absolute atomic E-state index is 2.33. The Hall–Kier alpha value is -1.21. The van der Waals surface area contributed by atoms with E-state index in [-0.39, 0.29) is 5.41 Å². The Labute approximate surface area is 121 Å². The van der Waals surface area contributed by atoms with E-state index in [9.17, 15) is 0 Å². The quantitative estimate of drug-likeness (QED) is 0.596. The van der Waals surface area contributed by atoms with Gasteiger partial charge in [-0.1, -0.05) is 70.2 Å². The molecule has 2 aromatic rings. The second kappa shape index (κ2) is 5.83. The minimum atomic E-state index is 0.108. The van der Waals surface area contributed by atoms with Crippen molar-refractivity contribution in [3.8, 4) is 0 Å². The number of hydrogen-bond donors (Lipinski definition) is 0. The van der Waals surface area contributed by atoms with Gasteiger partial charge in [-0.05, 0) is 22.8 Å². The molecule has 100 valence electrons. The number of fused-ring (bicyclic) bond motifs is 2. The highest BCUT2D eigenvalue weighted by Gasteiger charge is 2.30. The summed E-state index contributed by atoms with van der Waals surface area (Å²) < 4.78 is 0. The standard InChI is InChI=1S/C16H16S.C2H6/c1-16(2)13-8-4-3-7-12(13)11-17-15-10-6-5-9-14(15)16;1-2/h3-10H,11H2,1-2H3;1-2H3. The fourth-order valence-electron chi connectivity index (χ4n) is 2.67. The molecule has 1 aliphatic rings. The first-order chi connectivity index (χ1) is 9.19. The molecule has 0 spiro atoms. The zero-order valence-corrected chi connectivity index (χ0v) is 13.1. The lowest BCUT2D eigenvalue weighted by Gasteiger charge is -2.27. The maximum atomic E-state index is 2.33. The van der Waals surface area contributed by atoms with Crippen molar-refractivity contribution in [1.29, 1.82) is 0 Å². The van der Waals surface area contributed by atoms with Crippen LogP contribution in [0.5, 0.6) is 0 Å². The third-order valence-corrected chi connectivity index (χ3v) is 4.76. The molecule has 0 saturated heterocycles. The number of hydrogen-bond acceptors (Lipinski definition) is 1. The van der Waals surface area contributed by atoms with Crippen LogP contribution in [0, 0.1) is 0 Å². The second-order valence-electron chi connectivity index (χ2n) is 5.07. The molecular formula is C18H22S. The van der Waals surface area contributed by atoms with Crippen LogP contribution in [0.4, 0.5) is 0 Å². The monoisotopic (exact) mass is 270 g/mol. The maximum Gasteiger partial charge on any atom is 0.0235 e. The minimum Gasteiger partial charge on any atom is -0.121 e. The largest absolute Gasteiger partial charge is 0.121 e. The molecule has 0 aliphatic carbocycles. The van der Waals surface area contributed by atoms with E-state index in [4.69, 9.17) is 0 Å². The van der Waals surface area contributed by atoms with Gasteiger partial charge in [0.25, 0.3) is 0 Å². The highest BCUT2D eigenvalue weighted by atomic mass is 32.2. The van der Waals surface area contributed by atoms with Gasteiger partial charge in [-0.15, -0.1) is 11.8 Å². The first-order valence-electron chi connectivity index (χ1n) is 7.00. The predicted octanol–water partition coefficient (Wildman–Crippen LogP) is 5.64. The third kappa shape index (κ3) is 2.57. The fourth-order valence-corrected chi connectivity index (χ4v) is 3.88. The third-order valence-electron chi connectivity index (χ3n) is 3.63. The van der Waals surface area contributed by atoms with E-state index in [2.05, 4.69) is 62.4 Å². The highest BCUT2D eigenvalue weighted by Crippen LogP contribution is 2.43. The summed E-state index contributed by atoms with van der Waals surface area (Å²) in [5.41, 5.74) is 4.50. The van der Waals surface area contributed by atoms with Crippen LogP contribution in [-0.4, -0.2) is 0 Å². The van der Waals surface area contributed by atoms with E-state index < -0.39 is 0 Å². The fraction of sp³-hybridized carbons (Fsp3) is 0.333. The molecule has 0 bridgehead atoms. The lowest BCUT2D eigenvalue weighted by atomic mass is 9.76. The minimum absolute atomic E-state index is 0.108. The summed E-state index contributed by atoms with van der Waals surface area (Å²) in [6.45, 7) is 8.66. The summed E-state index contributed by atoms with van der Waals surface area (Å²) >= 11 is 1.95. The van der Waals surface area contributed by atoms with Crippen LogP contribution in [0.2, 0.25) is 0 Å². The zero-order chi connectivity index (χ0) is 13.9. The molecule has 0 unspecified atom stereocenters. The van der Waals surface area contributed by atoms with Crippen LogP contribution < -0.4 is 0 Å². The summed E-state index contributed by atoms with van der Waals surface area (Å²) in [7, 11) is 0. The number of rotatable bonds is 0. The van der Waals surface area contributed by atoms with Crippen LogP contribution >= 0.6 is 11.8 Å². The summed E-state index contributed by atoms with van der Waals surface area (Å²) in [5, 5.41) is 0. The van der Waals surface area contributed by atoms with Crippen molar-refractivity contribution in [1.82, 2.24) is 0 Å². The van der Waals surface area contributed by atoms with E-state index in [0.29, 0.717) is 0 Å². The Morgan fingerprint density at radius 2 is 1.42 bits per heavy atom. The van der Waals surface area contributed by atoms with Crippen LogP contribution in [-0.2, 0) is 11.2 Å². The molecule has 2 aromatic carbocycles. The SMILES string of the molecule is CC.CC1(C)c2ccccc2CSc2ccccc21. The van der Waals surface area contributed by atoms with Gasteiger partial charge >= 0.3 is 0 Å². The first kappa shape index (κ1) is 14.2. The van der Waals surface area contributed by atoms with Crippen molar-refractivity contribution in [2.24, 2.45) is 0 Å². The molecule has 3 rings (SSSR count). The van der Waals surface area contributed by atoms with Gasteiger partial charge in [-0.2, -0.15) is 0 Å². The van der Waals surface area contributed by atoms with E-state index in [1.807, 2.05) is 25.6 Å². The van der Waals surface area contributed by atoms with Crippen LogP contribution in [0.25, 0.3) is 0 Å². The van der Waals surface area contributed by atoms with E-state index >= 15 is 0 Å².